The van der Waals surface area contributed by atoms with Crippen LogP contribution < -0.4 is 0 Å². The number of ether oxygens (including phenoxy) is 1. The van der Waals surface area contributed by atoms with Gasteiger partial charge in [-0.15, -0.1) is 0 Å². The van der Waals surface area contributed by atoms with Gasteiger partial charge in [0, 0.05) is 0 Å². The molecule has 9 aliphatic rings. The summed E-state index contributed by atoms with van der Waals surface area (Å²) in [6.45, 7) is 0. The molecule has 114 valence electrons. The van der Waals surface area contributed by atoms with Crippen LogP contribution in [0.4, 0.5) is 0 Å². The predicted molar refractivity (Wildman–Crippen MR) is 80.6 cm³/mol. The smallest absolute Gasteiger partial charge is 0.104 e. The van der Waals surface area contributed by atoms with Crippen molar-refractivity contribution in [1.82, 2.24) is 0 Å². The summed E-state index contributed by atoms with van der Waals surface area (Å²) >= 11 is 0. The normalized spacial score (nSPS) is 72.0. The van der Waals surface area contributed by atoms with Crippen LogP contribution in [0.1, 0.15) is 64.2 Å². The third-order valence-electron chi connectivity index (χ3n) is 9.61. The van der Waals surface area contributed by atoms with Crippen molar-refractivity contribution >= 4 is 0 Å². The Morgan fingerprint density at radius 3 is 1.00 bits per heavy atom. The maximum absolute atomic E-state index is 7.05. The number of hydrogen-bond acceptors (Lipinski definition) is 1. The van der Waals surface area contributed by atoms with Crippen LogP contribution in [0, 0.1) is 47.3 Å². The number of rotatable bonds is 0. The van der Waals surface area contributed by atoms with Gasteiger partial charge in [0.2, 0.25) is 0 Å². The molecule has 0 aromatic heterocycles. The van der Waals surface area contributed by atoms with Crippen molar-refractivity contribution < 1.29 is 4.74 Å². The van der Waals surface area contributed by atoms with Crippen LogP contribution in [0.5, 0.6) is 0 Å². The molecule has 2 spiro atoms. The van der Waals surface area contributed by atoms with E-state index in [1.54, 1.807) is 64.2 Å². The topological polar surface area (TPSA) is 12.5 Å². The zero-order chi connectivity index (χ0) is 13.4. The van der Waals surface area contributed by atoms with Crippen LogP contribution in [0.25, 0.3) is 0 Å². The Hall–Kier alpha value is -0.0400. The first kappa shape index (κ1) is 11.5. The Labute approximate surface area is 128 Å². The molecule has 8 aliphatic carbocycles. The summed E-state index contributed by atoms with van der Waals surface area (Å²) in [7, 11) is 0. The summed E-state index contributed by atoms with van der Waals surface area (Å²) in [5.41, 5.74) is 0.839. The van der Waals surface area contributed by atoms with E-state index in [4.69, 9.17) is 4.74 Å². The second kappa shape index (κ2) is 3.25. The maximum Gasteiger partial charge on any atom is 0.104 e. The van der Waals surface area contributed by atoms with E-state index >= 15 is 0 Å². The van der Waals surface area contributed by atoms with Gasteiger partial charge in [0.15, 0.2) is 0 Å². The Kier molecular flexibility index (Phi) is 1.78. The molecule has 1 aliphatic heterocycles. The third kappa shape index (κ3) is 1.09. The van der Waals surface area contributed by atoms with Crippen LogP contribution in [-0.2, 0) is 4.74 Å². The highest BCUT2D eigenvalue weighted by molar-refractivity contribution is 5.32. The van der Waals surface area contributed by atoms with E-state index in [1.165, 1.54) is 0 Å². The summed E-state index contributed by atoms with van der Waals surface area (Å²) in [4.78, 5) is 0. The molecule has 0 radical (unpaired) electrons. The fourth-order valence-corrected chi connectivity index (χ4v) is 9.63. The Morgan fingerprint density at radius 1 is 0.429 bits per heavy atom. The van der Waals surface area contributed by atoms with E-state index in [0.29, 0.717) is 11.2 Å². The lowest BCUT2D eigenvalue weighted by molar-refractivity contribution is -0.0747. The average molecular weight is 284 g/mol. The molecule has 0 aromatic carbocycles. The zero-order valence-electron chi connectivity index (χ0n) is 13.1. The first-order chi connectivity index (χ1) is 10.3. The quantitative estimate of drug-likeness (QED) is 0.600. The van der Waals surface area contributed by atoms with E-state index in [-0.39, 0.29) is 0 Å². The molecular weight excluding hydrogens is 256 g/mol. The van der Waals surface area contributed by atoms with E-state index in [2.05, 4.69) is 0 Å². The molecule has 21 heavy (non-hydrogen) atoms. The van der Waals surface area contributed by atoms with Crippen molar-refractivity contribution in [2.45, 2.75) is 75.4 Å². The van der Waals surface area contributed by atoms with Gasteiger partial charge in [0.1, 0.15) is 11.2 Å². The van der Waals surface area contributed by atoms with Gasteiger partial charge < -0.3 is 4.74 Å². The highest BCUT2D eigenvalue weighted by Gasteiger charge is 2.84. The minimum Gasteiger partial charge on any atom is -0.361 e. The lowest BCUT2D eigenvalue weighted by atomic mass is 9.42. The molecule has 1 heterocycles. The van der Waals surface area contributed by atoms with Gasteiger partial charge in [-0.2, -0.15) is 0 Å². The van der Waals surface area contributed by atoms with Gasteiger partial charge in [0.25, 0.3) is 0 Å². The van der Waals surface area contributed by atoms with Crippen molar-refractivity contribution in [1.29, 1.82) is 0 Å². The van der Waals surface area contributed by atoms with Gasteiger partial charge in [0.05, 0.1) is 0 Å². The first-order valence-electron chi connectivity index (χ1n) is 9.98. The van der Waals surface area contributed by atoms with Crippen LogP contribution in [0.2, 0.25) is 0 Å². The van der Waals surface area contributed by atoms with E-state index in [1.807, 2.05) is 0 Å². The largest absolute Gasteiger partial charge is 0.361 e. The maximum atomic E-state index is 7.05. The van der Waals surface area contributed by atoms with E-state index < -0.39 is 0 Å². The monoisotopic (exact) mass is 284 g/mol. The third-order valence-corrected chi connectivity index (χ3v) is 9.61. The van der Waals surface area contributed by atoms with Crippen LogP contribution >= 0.6 is 0 Å². The molecule has 1 saturated heterocycles. The second-order valence-electron chi connectivity index (χ2n) is 10.3. The molecule has 0 atom stereocenters. The number of hydrogen-bond donors (Lipinski definition) is 0. The fraction of sp³-hybridized carbons (Fsp3) is 1.00. The van der Waals surface area contributed by atoms with Gasteiger partial charge in [-0.1, -0.05) is 0 Å². The summed E-state index contributed by atoms with van der Waals surface area (Å²) in [5.74, 6) is 8.29. The highest BCUT2D eigenvalue weighted by Crippen LogP contribution is 2.79. The molecule has 0 N–H and O–H groups in total. The number of epoxide rings is 1. The molecule has 8 bridgehead atoms. The van der Waals surface area contributed by atoms with E-state index in [0.717, 1.165) is 47.3 Å². The summed E-state index contributed by atoms with van der Waals surface area (Å²) < 4.78 is 7.05. The Balaban J connectivity index is 1.34. The van der Waals surface area contributed by atoms with Crippen LogP contribution in [-0.4, -0.2) is 11.2 Å². The molecule has 9 rings (SSSR count). The summed E-state index contributed by atoms with van der Waals surface area (Å²) in [5, 5.41) is 0. The summed E-state index contributed by atoms with van der Waals surface area (Å²) in [6.07, 6.45) is 15.5. The van der Waals surface area contributed by atoms with Crippen LogP contribution in [0.15, 0.2) is 0 Å². The zero-order valence-corrected chi connectivity index (χ0v) is 13.1. The molecule has 9 fully saturated rings. The molecule has 0 amide bonds. The van der Waals surface area contributed by atoms with Gasteiger partial charge in [-0.3, -0.25) is 0 Å². The first-order valence-corrected chi connectivity index (χ1v) is 9.98. The lowest BCUT2D eigenvalue weighted by Gasteiger charge is -2.59. The molecule has 8 saturated carbocycles. The van der Waals surface area contributed by atoms with Crippen molar-refractivity contribution in [2.24, 2.45) is 47.3 Å². The molecular formula is C20H28O. The Bertz CT molecular complexity index is 418. The summed E-state index contributed by atoms with van der Waals surface area (Å²) in [6, 6.07) is 0. The minimum atomic E-state index is 0.420. The standard InChI is InChI=1S/C20H28O/c1-11-3-15-5-12(1)6-16(4-11)19(15)20(21-19)17-7-13-2-14(9-17)10-18(20)8-13/h11-18H,1-10H2. The van der Waals surface area contributed by atoms with Crippen molar-refractivity contribution in [3.63, 3.8) is 0 Å². The molecule has 1 nitrogen and oxygen atoms in total. The lowest BCUT2D eigenvalue weighted by Crippen LogP contribution is -2.61. The SMILES string of the molecule is C1C2CC3CC1CC(C2)C31OC12C1CC3CC(C1)CC2C3. The van der Waals surface area contributed by atoms with Gasteiger partial charge >= 0.3 is 0 Å². The molecule has 0 unspecified atom stereocenters. The average Bonchev–Trinajstić information content (AvgIpc) is 3.13. The second-order valence-corrected chi connectivity index (χ2v) is 10.3. The molecule has 1 heteroatoms. The van der Waals surface area contributed by atoms with Crippen LogP contribution in [0.3, 0.4) is 0 Å². The van der Waals surface area contributed by atoms with Gasteiger partial charge in [-0.05, 0) is 112 Å². The predicted octanol–water partition coefficient (Wildman–Crippen LogP) is 4.41. The molecule has 0 aromatic rings. The minimum absolute atomic E-state index is 0.420. The Morgan fingerprint density at radius 2 is 0.714 bits per heavy atom. The van der Waals surface area contributed by atoms with Gasteiger partial charge in [-0.25, -0.2) is 0 Å². The fourth-order valence-electron chi connectivity index (χ4n) is 9.63. The van der Waals surface area contributed by atoms with Crippen molar-refractivity contribution in [3.05, 3.63) is 0 Å². The van der Waals surface area contributed by atoms with E-state index in [9.17, 15) is 0 Å². The van der Waals surface area contributed by atoms with Crippen molar-refractivity contribution in [2.75, 3.05) is 0 Å². The highest BCUT2D eigenvalue weighted by atomic mass is 16.6. The van der Waals surface area contributed by atoms with Crippen molar-refractivity contribution in [3.8, 4) is 0 Å².